The van der Waals surface area contributed by atoms with E-state index in [1.165, 1.54) is 17.5 Å². The summed E-state index contributed by atoms with van der Waals surface area (Å²) in [4.78, 5) is 15.9. The summed E-state index contributed by atoms with van der Waals surface area (Å²) in [5.41, 5.74) is 3.87. The van der Waals surface area contributed by atoms with Crippen LogP contribution in [-0.2, 0) is 13.0 Å². The molecule has 3 rings (SSSR count). The van der Waals surface area contributed by atoms with E-state index in [0.29, 0.717) is 19.0 Å². The molecular weight excluding hydrogens is 274 g/mol. The lowest BCUT2D eigenvalue weighted by Crippen LogP contribution is -2.38. The number of carbonyl (C=O) groups excluding carboxylic acids is 1. The van der Waals surface area contributed by atoms with Gasteiger partial charge in [-0.25, -0.2) is 4.79 Å². The van der Waals surface area contributed by atoms with Crippen molar-refractivity contribution in [3.05, 3.63) is 65.5 Å². The third-order valence-corrected chi connectivity index (χ3v) is 4.21. The van der Waals surface area contributed by atoms with Crippen LogP contribution in [-0.4, -0.2) is 17.6 Å². The van der Waals surface area contributed by atoms with Gasteiger partial charge in [-0.3, -0.25) is 4.98 Å². The van der Waals surface area contributed by atoms with Crippen molar-refractivity contribution in [3.8, 4) is 0 Å². The molecule has 22 heavy (non-hydrogen) atoms. The Morgan fingerprint density at radius 2 is 1.95 bits per heavy atom. The maximum Gasteiger partial charge on any atom is 0.315 e. The molecule has 0 bridgehead atoms. The van der Waals surface area contributed by atoms with Gasteiger partial charge in [0.05, 0.1) is 0 Å². The van der Waals surface area contributed by atoms with Gasteiger partial charge in [-0.1, -0.05) is 24.3 Å². The molecule has 1 aromatic heterocycles. The molecule has 2 amide bonds. The fourth-order valence-corrected chi connectivity index (χ4v) is 3.03. The summed E-state index contributed by atoms with van der Waals surface area (Å²) in [6, 6.07) is 12.3. The summed E-state index contributed by atoms with van der Waals surface area (Å²) >= 11 is 0. The second kappa shape index (κ2) is 7.07. The van der Waals surface area contributed by atoms with Gasteiger partial charge in [0.15, 0.2) is 0 Å². The molecule has 2 N–H and O–H groups in total. The molecule has 0 aliphatic heterocycles. The topological polar surface area (TPSA) is 54.0 Å². The van der Waals surface area contributed by atoms with Crippen molar-refractivity contribution in [1.82, 2.24) is 15.6 Å². The van der Waals surface area contributed by atoms with E-state index in [2.05, 4.69) is 39.9 Å². The molecular formula is C18H21N3O. The number of benzene rings is 1. The van der Waals surface area contributed by atoms with Crippen LogP contribution in [0, 0.1) is 0 Å². The number of urea groups is 1. The number of pyridine rings is 1. The van der Waals surface area contributed by atoms with Crippen LogP contribution < -0.4 is 10.6 Å². The highest BCUT2D eigenvalue weighted by Gasteiger charge is 2.19. The van der Waals surface area contributed by atoms with Crippen LogP contribution >= 0.6 is 0 Å². The number of aryl methyl sites for hydroxylation is 1. The molecule has 0 fully saturated rings. The Morgan fingerprint density at radius 3 is 2.82 bits per heavy atom. The largest absolute Gasteiger partial charge is 0.338 e. The van der Waals surface area contributed by atoms with E-state index < -0.39 is 0 Å². The molecule has 0 radical (unpaired) electrons. The number of hydrogen-bond acceptors (Lipinski definition) is 2. The Kier molecular flexibility index (Phi) is 4.68. The molecule has 114 valence electrons. The normalized spacial score (nSPS) is 16.6. The van der Waals surface area contributed by atoms with Crippen LogP contribution in [0.4, 0.5) is 4.79 Å². The van der Waals surface area contributed by atoms with E-state index in [0.717, 1.165) is 18.4 Å². The molecule has 1 aliphatic carbocycles. The quantitative estimate of drug-likeness (QED) is 0.911. The first-order valence-electron chi connectivity index (χ1n) is 7.81. The van der Waals surface area contributed by atoms with Gasteiger partial charge >= 0.3 is 6.03 Å². The van der Waals surface area contributed by atoms with Crippen molar-refractivity contribution in [2.24, 2.45) is 0 Å². The van der Waals surface area contributed by atoms with E-state index in [1.54, 1.807) is 12.4 Å². The summed E-state index contributed by atoms with van der Waals surface area (Å²) in [5.74, 6) is 0.427. The Labute approximate surface area is 131 Å². The molecule has 4 nitrogen and oxygen atoms in total. The predicted molar refractivity (Wildman–Crippen MR) is 86.6 cm³/mol. The summed E-state index contributed by atoms with van der Waals surface area (Å²) in [6.45, 7) is 1.22. The van der Waals surface area contributed by atoms with Gasteiger partial charge < -0.3 is 10.6 Å². The monoisotopic (exact) mass is 295 g/mol. The second-order valence-corrected chi connectivity index (χ2v) is 5.71. The average Bonchev–Trinajstić information content (AvgIpc) is 2.59. The van der Waals surface area contributed by atoms with Crippen LogP contribution in [0.25, 0.3) is 0 Å². The number of nitrogens with zero attached hydrogens (tertiary/aromatic N) is 1. The van der Waals surface area contributed by atoms with E-state index >= 15 is 0 Å². The van der Waals surface area contributed by atoms with Gasteiger partial charge in [-0.15, -0.1) is 0 Å². The lowest BCUT2D eigenvalue weighted by molar-refractivity contribution is 0.239. The number of rotatable bonds is 4. The minimum Gasteiger partial charge on any atom is -0.338 e. The average molecular weight is 295 g/mol. The molecule has 0 spiro atoms. The van der Waals surface area contributed by atoms with Gasteiger partial charge in [0.1, 0.15) is 0 Å². The van der Waals surface area contributed by atoms with Gasteiger partial charge in [0, 0.05) is 31.4 Å². The SMILES string of the molecule is O=C(NCc1ccncc1)NCC1CCCc2ccccc21. The van der Waals surface area contributed by atoms with Crippen molar-refractivity contribution < 1.29 is 4.79 Å². The zero-order valence-electron chi connectivity index (χ0n) is 12.6. The minimum atomic E-state index is -0.111. The first-order valence-corrected chi connectivity index (χ1v) is 7.81. The number of nitrogens with one attached hydrogen (secondary N) is 2. The van der Waals surface area contributed by atoms with Crippen LogP contribution in [0.1, 0.15) is 35.4 Å². The molecule has 1 aromatic carbocycles. The first-order chi connectivity index (χ1) is 10.8. The Bertz CT molecular complexity index is 627. The van der Waals surface area contributed by atoms with Crippen molar-refractivity contribution in [2.75, 3.05) is 6.54 Å². The van der Waals surface area contributed by atoms with E-state index in [-0.39, 0.29) is 6.03 Å². The molecule has 4 heteroatoms. The Hall–Kier alpha value is -2.36. The highest BCUT2D eigenvalue weighted by atomic mass is 16.2. The molecule has 1 atom stereocenters. The van der Waals surface area contributed by atoms with Gasteiger partial charge in [-0.05, 0) is 48.1 Å². The zero-order chi connectivity index (χ0) is 15.2. The lowest BCUT2D eigenvalue weighted by Gasteiger charge is -2.25. The van der Waals surface area contributed by atoms with E-state index in [1.807, 2.05) is 12.1 Å². The highest BCUT2D eigenvalue weighted by molar-refractivity contribution is 5.73. The minimum absolute atomic E-state index is 0.111. The molecule has 0 saturated carbocycles. The van der Waals surface area contributed by atoms with Crippen LogP contribution in [0.5, 0.6) is 0 Å². The van der Waals surface area contributed by atoms with Crippen LogP contribution in [0.2, 0.25) is 0 Å². The first kappa shape index (κ1) is 14.6. The van der Waals surface area contributed by atoms with Crippen molar-refractivity contribution in [2.45, 2.75) is 31.7 Å². The van der Waals surface area contributed by atoms with E-state index in [9.17, 15) is 4.79 Å². The van der Waals surface area contributed by atoms with Gasteiger partial charge in [0.2, 0.25) is 0 Å². The third-order valence-electron chi connectivity index (χ3n) is 4.21. The number of carbonyl (C=O) groups is 1. The van der Waals surface area contributed by atoms with Crippen molar-refractivity contribution in [3.63, 3.8) is 0 Å². The fraction of sp³-hybridized carbons (Fsp3) is 0.333. The number of aromatic nitrogens is 1. The Balaban J connectivity index is 1.50. The summed E-state index contributed by atoms with van der Waals surface area (Å²) in [7, 11) is 0. The van der Waals surface area contributed by atoms with Gasteiger partial charge in [-0.2, -0.15) is 0 Å². The lowest BCUT2D eigenvalue weighted by atomic mass is 9.83. The Morgan fingerprint density at radius 1 is 1.14 bits per heavy atom. The maximum absolute atomic E-state index is 11.9. The predicted octanol–water partition coefficient (Wildman–Crippen LogP) is 3.00. The van der Waals surface area contributed by atoms with Crippen LogP contribution in [0.15, 0.2) is 48.8 Å². The molecule has 2 aromatic rings. The van der Waals surface area contributed by atoms with Crippen LogP contribution in [0.3, 0.4) is 0 Å². The summed E-state index contributed by atoms with van der Waals surface area (Å²) < 4.78 is 0. The smallest absolute Gasteiger partial charge is 0.315 e. The molecule has 1 aliphatic rings. The standard InChI is InChI=1S/C18H21N3O/c22-18(20-12-14-8-10-19-11-9-14)21-13-16-6-3-5-15-4-1-2-7-17(15)16/h1-2,4,7-11,16H,3,5-6,12-13H2,(H2,20,21,22). The van der Waals surface area contributed by atoms with E-state index in [4.69, 9.17) is 0 Å². The van der Waals surface area contributed by atoms with Crippen molar-refractivity contribution in [1.29, 1.82) is 0 Å². The van der Waals surface area contributed by atoms with Gasteiger partial charge in [0.25, 0.3) is 0 Å². The summed E-state index contributed by atoms with van der Waals surface area (Å²) in [5, 5.41) is 5.88. The second-order valence-electron chi connectivity index (χ2n) is 5.71. The maximum atomic E-state index is 11.9. The zero-order valence-corrected chi connectivity index (χ0v) is 12.6. The number of fused-ring (bicyclic) bond motifs is 1. The molecule has 1 unspecified atom stereocenters. The van der Waals surface area contributed by atoms with Crippen molar-refractivity contribution >= 4 is 6.03 Å². The molecule has 1 heterocycles. The highest BCUT2D eigenvalue weighted by Crippen LogP contribution is 2.30. The fourth-order valence-electron chi connectivity index (χ4n) is 3.03. The molecule has 0 saturated heterocycles. The summed E-state index contributed by atoms with van der Waals surface area (Å²) in [6.07, 6.45) is 6.95. The third kappa shape index (κ3) is 3.64. The number of amides is 2. The number of hydrogen-bond donors (Lipinski definition) is 2.